The van der Waals surface area contributed by atoms with Gasteiger partial charge in [0.25, 0.3) is 5.91 Å². The SMILES string of the molecule is O=C(NCC(=O)N1CCCc2ccccc21)c1cnc(-c2cccnc2)s1. The molecule has 4 rings (SSSR count). The van der Waals surface area contributed by atoms with Crippen molar-refractivity contribution < 1.29 is 9.59 Å². The minimum absolute atomic E-state index is 0.0344. The Bertz CT molecular complexity index is 971. The minimum Gasteiger partial charge on any atom is -0.342 e. The van der Waals surface area contributed by atoms with E-state index < -0.39 is 0 Å². The van der Waals surface area contributed by atoms with Gasteiger partial charge < -0.3 is 10.2 Å². The van der Waals surface area contributed by atoms with Crippen molar-refractivity contribution in [3.8, 4) is 10.6 Å². The summed E-state index contributed by atoms with van der Waals surface area (Å²) in [4.78, 5) is 35.6. The monoisotopic (exact) mass is 378 g/mol. The molecule has 2 aromatic heterocycles. The van der Waals surface area contributed by atoms with Gasteiger partial charge in [-0.25, -0.2) is 4.98 Å². The summed E-state index contributed by atoms with van der Waals surface area (Å²) in [6.07, 6.45) is 6.83. The van der Waals surface area contributed by atoms with Crippen molar-refractivity contribution in [3.63, 3.8) is 0 Å². The number of aromatic nitrogens is 2. The number of pyridine rings is 1. The first-order valence-electron chi connectivity index (χ1n) is 8.75. The Morgan fingerprint density at radius 2 is 2.04 bits per heavy atom. The first-order chi connectivity index (χ1) is 13.2. The molecule has 0 saturated carbocycles. The van der Waals surface area contributed by atoms with E-state index in [4.69, 9.17) is 0 Å². The number of aryl methyl sites for hydroxylation is 1. The van der Waals surface area contributed by atoms with Gasteiger partial charge in [-0.05, 0) is 36.6 Å². The van der Waals surface area contributed by atoms with E-state index in [-0.39, 0.29) is 18.4 Å². The molecule has 0 saturated heterocycles. The quantitative estimate of drug-likeness (QED) is 0.757. The van der Waals surface area contributed by atoms with Gasteiger partial charge in [-0.1, -0.05) is 18.2 Å². The Morgan fingerprint density at radius 3 is 2.89 bits per heavy atom. The number of anilines is 1. The number of benzene rings is 1. The van der Waals surface area contributed by atoms with Gasteiger partial charge in [0.1, 0.15) is 9.88 Å². The second kappa shape index (κ2) is 7.67. The van der Waals surface area contributed by atoms with Crippen LogP contribution in [0.3, 0.4) is 0 Å². The fraction of sp³-hybridized carbons (Fsp3) is 0.200. The van der Waals surface area contributed by atoms with Crippen molar-refractivity contribution in [2.24, 2.45) is 0 Å². The van der Waals surface area contributed by atoms with Gasteiger partial charge in [-0.3, -0.25) is 14.6 Å². The number of thiazole rings is 1. The number of nitrogens with zero attached hydrogens (tertiary/aromatic N) is 3. The molecule has 0 radical (unpaired) electrons. The molecule has 0 fully saturated rings. The summed E-state index contributed by atoms with van der Waals surface area (Å²) in [5, 5.41) is 3.44. The van der Waals surface area contributed by atoms with E-state index >= 15 is 0 Å². The molecule has 0 unspecified atom stereocenters. The van der Waals surface area contributed by atoms with Crippen molar-refractivity contribution in [3.05, 3.63) is 65.4 Å². The van der Waals surface area contributed by atoms with Gasteiger partial charge in [0.2, 0.25) is 5.91 Å². The molecule has 1 aliphatic heterocycles. The van der Waals surface area contributed by atoms with Crippen molar-refractivity contribution in [1.82, 2.24) is 15.3 Å². The van der Waals surface area contributed by atoms with Crippen molar-refractivity contribution in [1.29, 1.82) is 0 Å². The first kappa shape index (κ1) is 17.4. The van der Waals surface area contributed by atoms with Crippen LogP contribution < -0.4 is 10.2 Å². The Hall–Kier alpha value is -3.06. The average molecular weight is 378 g/mol. The number of amides is 2. The number of nitrogens with one attached hydrogen (secondary N) is 1. The van der Waals surface area contributed by atoms with Crippen LogP contribution in [0.4, 0.5) is 5.69 Å². The number of carbonyl (C=O) groups excluding carboxylic acids is 2. The lowest BCUT2D eigenvalue weighted by Gasteiger charge is -2.29. The molecule has 27 heavy (non-hydrogen) atoms. The van der Waals surface area contributed by atoms with E-state index in [0.717, 1.165) is 29.1 Å². The highest BCUT2D eigenvalue weighted by Crippen LogP contribution is 2.27. The zero-order valence-corrected chi connectivity index (χ0v) is 15.4. The Kier molecular flexibility index (Phi) is 4.93. The smallest absolute Gasteiger partial charge is 0.263 e. The van der Waals surface area contributed by atoms with Crippen LogP contribution >= 0.6 is 11.3 Å². The predicted molar refractivity (Wildman–Crippen MR) is 105 cm³/mol. The summed E-state index contributed by atoms with van der Waals surface area (Å²) >= 11 is 1.28. The summed E-state index contributed by atoms with van der Waals surface area (Å²) in [6.45, 7) is 0.644. The van der Waals surface area contributed by atoms with Gasteiger partial charge in [0.15, 0.2) is 0 Å². The summed E-state index contributed by atoms with van der Waals surface area (Å²) in [6, 6.07) is 11.6. The number of rotatable bonds is 4. The summed E-state index contributed by atoms with van der Waals surface area (Å²) in [5.41, 5.74) is 2.98. The molecule has 1 aromatic carbocycles. The zero-order chi connectivity index (χ0) is 18.6. The fourth-order valence-electron chi connectivity index (χ4n) is 3.13. The van der Waals surface area contributed by atoms with Crippen LogP contribution in [0, 0.1) is 0 Å². The fourth-order valence-corrected chi connectivity index (χ4v) is 3.96. The van der Waals surface area contributed by atoms with Gasteiger partial charge in [-0.2, -0.15) is 0 Å². The first-order valence-corrected chi connectivity index (χ1v) is 9.57. The Labute approximate surface area is 160 Å². The highest BCUT2D eigenvalue weighted by molar-refractivity contribution is 7.16. The standard InChI is InChI=1S/C20H18N4O2S/c25-18(24-10-4-7-14-5-1-2-8-16(14)24)13-22-19(26)17-12-23-20(27-17)15-6-3-9-21-11-15/h1-3,5-6,8-9,11-12H,4,7,10,13H2,(H,22,26). The molecule has 7 heteroatoms. The summed E-state index contributed by atoms with van der Waals surface area (Å²) < 4.78 is 0. The van der Waals surface area contributed by atoms with Crippen LogP contribution in [0.15, 0.2) is 55.0 Å². The van der Waals surface area contributed by atoms with E-state index in [9.17, 15) is 9.59 Å². The molecular formula is C20H18N4O2S. The summed E-state index contributed by atoms with van der Waals surface area (Å²) in [5.74, 6) is -0.395. The highest BCUT2D eigenvalue weighted by atomic mass is 32.1. The molecule has 1 N–H and O–H groups in total. The van der Waals surface area contributed by atoms with Gasteiger partial charge in [0, 0.05) is 30.2 Å². The van der Waals surface area contributed by atoms with Crippen LogP contribution in [-0.4, -0.2) is 34.9 Å². The van der Waals surface area contributed by atoms with E-state index in [1.54, 1.807) is 17.3 Å². The molecule has 0 atom stereocenters. The molecule has 1 aliphatic rings. The van der Waals surface area contributed by atoms with E-state index in [2.05, 4.69) is 15.3 Å². The van der Waals surface area contributed by atoms with Crippen LogP contribution in [0.2, 0.25) is 0 Å². The second-order valence-electron chi connectivity index (χ2n) is 6.23. The third-order valence-corrected chi connectivity index (χ3v) is 5.49. The molecule has 2 amide bonds. The van der Waals surface area contributed by atoms with Crippen LogP contribution in [-0.2, 0) is 11.2 Å². The lowest BCUT2D eigenvalue weighted by atomic mass is 10.0. The zero-order valence-electron chi connectivity index (χ0n) is 14.6. The number of fused-ring (bicyclic) bond motifs is 1. The van der Waals surface area contributed by atoms with E-state index in [0.29, 0.717) is 11.4 Å². The molecule has 3 aromatic rings. The molecule has 6 nitrogen and oxygen atoms in total. The topological polar surface area (TPSA) is 75.2 Å². The van der Waals surface area contributed by atoms with Gasteiger partial charge in [-0.15, -0.1) is 11.3 Å². The van der Waals surface area contributed by atoms with Gasteiger partial charge in [0.05, 0.1) is 12.7 Å². The normalized spacial score (nSPS) is 13.1. The molecule has 0 aliphatic carbocycles. The second-order valence-corrected chi connectivity index (χ2v) is 7.26. The largest absolute Gasteiger partial charge is 0.342 e. The molecule has 0 bridgehead atoms. The Morgan fingerprint density at radius 1 is 1.15 bits per heavy atom. The highest BCUT2D eigenvalue weighted by Gasteiger charge is 2.22. The maximum Gasteiger partial charge on any atom is 0.263 e. The lowest BCUT2D eigenvalue weighted by Crippen LogP contribution is -2.42. The summed E-state index contributed by atoms with van der Waals surface area (Å²) in [7, 11) is 0. The predicted octanol–water partition coefficient (Wildman–Crippen LogP) is 2.91. The number of hydrogen-bond donors (Lipinski definition) is 1. The maximum absolute atomic E-state index is 12.6. The third-order valence-electron chi connectivity index (χ3n) is 4.45. The Balaban J connectivity index is 1.40. The lowest BCUT2D eigenvalue weighted by molar-refractivity contribution is -0.117. The number of carbonyl (C=O) groups is 2. The van der Waals surface area contributed by atoms with Crippen molar-refractivity contribution >= 4 is 28.8 Å². The third kappa shape index (κ3) is 3.73. The maximum atomic E-state index is 12.6. The van der Waals surface area contributed by atoms with Crippen LogP contribution in [0.25, 0.3) is 10.6 Å². The van der Waals surface area contributed by atoms with E-state index in [1.807, 2.05) is 36.4 Å². The van der Waals surface area contributed by atoms with Gasteiger partial charge >= 0.3 is 0 Å². The molecular weight excluding hydrogens is 360 g/mol. The molecule has 0 spiro atoms. The minimum atomic E-state index is -0.290. The van der Waals surface area contributed by atoms with E-state index in [1.165, 1.54) is 23.1 Å². The average Bonchev–Trinajstić information content (AvgIpc) is 3.22. The van der Waals surface area contributed by atoms with Crippen molar-refractivity contribution in [2.45, 2.75) is 12.8 Å². The van der Waals surface area contributed by atoms with Crippen LogP contribution in [0.5, 0.6) is 0 Å². The van der Waals surface area contributed by atoms with Crippen molar-refractivity contribution in [2.75, 3.05) is 18.0 Å². The molecule has 136 valence electrons. The van der Waals surface area contributed by atoms with Crippen LogP contribution in [0.1, 0.15) is 21.7 Å². The number of hydrogen-bond acceptors (Lipinski definition) is 5. The number of para-hydroxylation sites is 1. The molecule has 3 heterocycles.